The molecule has 7 nitrogen and oxygen atoms in total. The molecule has 1 heterocycles. The van der Waals surface area contributed by atoms with Crippen molar-refractivity contribution in [2.45, 2.75) is 6.54 Å². The van der Waals surface area contributed by atoms with Gasteiger partial charge in [-0.15, -0.1) is 0 Å². The van der Waals surface area contributed by atoms with E-state index in [9.17, 15) is 9.59 Å². The van der Waals surface area contributed by atoms with Gasteiger partial charge >= 0.3 is 0 Å². The van der Waals surface area contributed by atoms with E-state index in [1.165, 1.54) is 10.9 Å². The second kappa shape index (κ2) is 8.15. The van der Waals surface area contributed by atoms with Crippen molar-refractivity contribution in [3.8, 4) is 11.5 Å². The molecule has 7 heteroatoms. The summed E-state index contributed by atoms with van der Waals surface area (Å²) in [7, 11) is 1.57. The number of fused-ring (bicyclic) bond motifs is 1. The van der Waals surface area contributed by atoms with Crippen LogP contribution in [0.15, 0.2) is 59.7 Å². The molecule has 3 rings (SSSR count). The van der Waals surface area contributed by atoms with Gasteiger partial charge in [0.1, 0.15) is 13.2 Å². The summed E-state index contributed by atoms with van der Waals surface area (Å²) in [5.41, 5.74) is 0.371. The summed E-state index contributed by atoms with van der Waals surface area (Å²) in [6.07, 6.45) is 1.38. The molecule has 0 unspecified atom stereocenters. The number of para-hydroxylation sites is 3. The Morgan fingerprint density at radius 1 is 1.12 bits per heavy atom. The summed E-state index contributed by atoms with van der Waals surface area (Å²) in [6, 6.07) is 14.3. The van der Waals surface area contributed by atoms with Crippen LogP contribution in [0.2, 0.25) is 0 Å². The monoisotopic (exact) mass is 353 g/mol. The Morgan fingerprint density at radius 2 is 1.85 bits per heavy atom. The fourth-order valence-corrected chi connectivity index (χ4v) is 2.52. The van der Waals surface area contributed by atoms with E-state index in [1.807, 2.05) is 18.2 Å². The number of methoxy groups -OCH3 is 1. The highest BCUT2D eigenvalue weighted by atomic mass is 16.5. The molecule has 0 fully saturated rings. The van der Waals surface area contributed by atoms with Crippen molar-refractivity contribution in [2.75, 3.05) is 20.3 Å². The van der Waals surface area contributed by atoms with Gasteiger partial charge < -0.3 is 14.8 Å². The number of carbonyl (C=O) groups excluding carboxylic acids is 1. The van der Waals surface area contributed by atoms with Gasteiger partial charge in [0.2, 0.25) is 5.91 Å². The lowest BCUT2D eigenvalue weighted by atomic mass is 10.2. The zero-order chi connectivity index (χ0) is 18.4. The fraction of sp³-hybridized carbons (Fsp3) is 0.211. The molecule has 0 saturated carbocycles. The van der Waals surface area contributed by atoms with Gasteiger partial charge in [-0.05, 0) is 24.3 Å². The highest BCUT2D eigenvalue weighted by Gasteiger charge is 2.08. The summed E-state index contributed by atoms with van der Waals surface area (Å²) >= 11 is 0. The Balaban J connectivity index is 1.53. The van der Waals surface area contributed by atoms with Crippen LogP contribution in [0.4, 0.5) is 0 Å². The molecule has 0 radical (unpaired) electrons. The van der Waals surface area contributed by atoms with E-state index in [-0.39, 0.29) is 24.6 Å². The third kappa shape index (κ3) is 4.00. The highest BCUT2D eigenvalue weighted by molar-refractivity contribution is 5.78. The average Bonchev–Trinajstić information content (AvgIpc) is 2.68. The van der Waals surface area contributed by atoms with E-state index in [0.717, 1.165) is 0 Å². The molecule has 2 aromatic carbocycles. The molecule has 0 saturated heterocycles. The molecule has 0 atom stereocenters. The molecule has 134 valence electrons. The van der Waals surface area contributed by atoms with Crippen molar-refractivity contribution in [1.29, 1.82) is 0 Å². The molecule has 0 aliphatic rings. The van der Waals surface area contributed by atoms with Crippen molar-refractivity contribution in [2.24, 2.45) is 0 Å². The van der Waals surface area contributed by atoms with Crippen molar-refractivity contribution >= 4 is 16.8 Å². The number of rotatable bonds is 7. The number of hydrogen-bond acceptors (Lipinski definition) is 5. The Morgan fingerprint density at radius 3 is 2.65 bits per heavy atom. The predicted molar refractivity (Wildman–Crippen MR) is 97.5 cm³/mol. The van der Waals surface area contributed by atoms with E-state index in [0.29, 0.717) is 28.9 Å². The SMILES string of the molecule is COc1ccccc1OCCNC(=O)Cn1cnc2ccccc2c1=O. The number of nitrogens with one attached hydrogen (secondary N) is 1. The zero-order valence-corrected chi connectivity index (χ0v) is 14.3. The van der Waals surface area contributed by atoms with Gasteiger partial charge in [-0.25, -0.2) is 4.98 Å². The first-order chi connectivity index (χ1) is 12.7. The van der Waals surface area contributed by atoms with Gasteiger partial charge in [-0.1, -0.05) is 24.3 Å². The second-order valence-corrected chi connectivity index (χ2v) is 5.54. The Kier molecular flexibility index (Phi) is 5.48. The van der Waals surface area contributed by atoms with Crippen molar-refractivity contribution in [1.82, 2.24) is 14.9 Å². The van der Waals surface area contributed by atoms with Crippen LogP contribution in [0.3, 0.4) is 0 Å². The molecule has 1 N–H and O–H groups in total. The Bertz CT molecular complexity index is 968. The second-order valence-electron chi connectivity index (χ2n) is 5.54. The van der Waals surface area contributed by atoms with Crippen molar-refractivity contribution in [3.63, 3.8) is 0 Å². The summed E-state index contributed by atoms with van der Waals surface area (Å²) in [6.45, 7) is 0.509. The van der Waals surface area contributed by atoms with Gasteiger partial charge in [0.15, 0.2) is 11.5 Å². The largest absolute Gasteiger partial charge is 0.493 e. The summed E-state index contributed by atoms with van der Waals surface area (Å²) in [4.78, 5) is 28.6. The van der Waals surface area contributed by atoms with Crippen LogP contribution in [0, 0.1) is 0 Å². The minimum atomic E-state index is -0.284. The van der Waals surface area contributed by atoms with E-state index in [2.05, 4.69) is 10.3 Å². The van der Waals surface area contributed by atoms with Crippen molar-refractivity contribution in [3.05, 3.63) is 65.2 Å². The fourth-order valence-electron chi connectivity index (χ4n) is 2.52. The molecule has 1 aromatic heterocycles. The van der Waals surface area contributed by atoms with Gasteiger partial charge in [0, 0.05) is 0 Å². The summed E-state index contributed by atoms with van der Waals surface area (Å²) in [5, 5.41) is 3.21. The van der Waals surface area contributed by atoms with E-state index in [1.54, 1.807) is 37.4 Å². The third-order valence-corrected chi connectivity index (χ3v) is 3.80. The molecule has 0 spiro atoms. The standard InChI is InChI=1S/C19H19N3O4/c1-25-16-8-4-5-9-17(16)26-11-10-20-18(23)12-22-13-21-15-7-3-2-6-14(15)19(22)24/h2-9,13H,10-12H2,1H3,(H,20,23). The Labute approximate surface area is 150 Å². The number of aromatic nitrogens is 2. The summed E-state index contributed by atoms with van der Waals surface area (Å²) in [5.74, 6) is 0.958. The highest BCUT2D eigenvalue weighted by Crippen LogP contribution is 2.25. The lowest BCUT2D eigenvalue weighted by Gasteiger charge is -2.11. The maximum atomic E-state index is 12.4. The maximum absolute atomic E-state index is 12.4. The minimum Gasteiger partial charge on any atom is -0.493 e. The lowest BCUT2D eigenvalue weighted by molar-refractivity contribution is -0.121. The van der Waals surface area contributed by atoms with Crippen molar-refractivity contribution < 1.29 is 14.3 Å². The number of ether oxygens (including phenoxy) is 2. The van der Waals surface area contributed by atoms with Gasteiger partial charge in [0.05, 0.1) is 30.9 Å². The normalized spacial score (nSPS) is 10.5. The third-order valence-electron chi connectivity index (χ3n) is 3.80. The molecule has 26 heavy (non-hydrogen) atoms. The first-order valence-electron chi connectivity index (χ1n) is 8.16. The smallest absolute Gasteiger partial charge is 0.261 e. The minimum absolute atomic E-state index is 0.0919. The van der Waals surface area contributed by atoms with Crippen LogP contribution in [0.1, 0.15) is 0 Å². The lowest BCUT2D eigenvalue weighted by Crippen LogP contribution is -2.34. The van der Waals surface area contributed by atoms with E-state index >= 15 is 0 Å². The number of benzene rings is 2. The quantitative estimate of drug-likeness (QED) is 0.653. The first kappa shape index (κ1) is 17.5. The van der Waals surface area contributed by atoms with Crippen LogP contribution in [-0.4, -0.2) is 35.7 Å². The molecular formula is C19H19N3O4. The maximum Gasteiger partial charge on any atom is 0.261 e. The van der Waals surface area contributed by atoms with Crippen LogP contribution in [0.25, 0.3) is 10.9 Å². The average molecular weight is 353 g/mol. The number of amides is 1. The van der Waals surface area contributed by atoms with Crippen LogP contribution in [-0.2, 0) is 11.3 Å². The predicted octanol–water partition coefficient (Wildman–Crippen LogP) is 1.60. The van der Waals surface area contributed by atoms with Gasteiger partial charge in [-0.3, -0.25) is 14.2 Å². The topological polar surface area (TPSA) is 82.4 Å². The van der Waals surface area contributed by atoms with Gasteiger partial charge in [0.25, 0.3) is 5.56 Å². The van der Waals surface area contributed by atoms with Crippen LogP contribution >= 0.6 is 0 Å². The first-order valence-corrected chi connectivity index (χ1v) is 8.16. The van der Waals surface area contributed by atoms with E-state index in [4.69, 9.17) is 9.47 Å². The van der Waals surface area contributed by atoms with Crippen LogP contribution < -0.4 is 20.3 Å². The Hall–Kier alpha value is -3.35. The van der Waals surface area contributed by atoms with E-state index < -0.39 is 0 Å². The number of carbonyl (C=O) groups is 1. The molecule has 3 aromatic rings. The van der Waals surface area contributed by atoms with Crippen LogP contribution in [0.5, 0.6) is 11.5 Å². The zero-order valence-electron chi connectivity index (χ0n) is 14.3. The number of nitrogens with zero attached hydrogens (tertiary/aromatic N) is 2. The molecule has 1 amide bonds. The van der Waals surface area contributed by atoms with Gasteiger partial charge in [-0.2, -0.15) is 0 Å². The molecule has 0 aliphatic carbocycles. The molecule has 0 aliphatic heterocycles. The number of hydrogen-bond donors (Lipinski definition) is 1. The molecular weight excluding hydrogens is 334 g/mol. The summed E-state index contributed by atoms with van der Waals surface area (Å²) < 4.78 is 12.1. The molecule has 0 bridgehead atoms.